The summed E-state index contributed by atoms with van der Waals surface area (Å²) < 4.78 is 5.54. The third-order valence-electron chi connectivity index (χ3n) is 3.12. The van der Waals surface area contributed by atoms with Crippen molar-refractivity contribution in [1.29, 1.82) is 0 Å². The predicted molar refractivity (Wildman–Crippen MR) is 77.0 cm³/mol. The molecule has 108 valence electrons. The van der Waals surface area contributed by atoms with E-state index in [1.807, 2.05) is 13.8 Å². The van der Waals surface area contributed by atoms with Crippen LogP contribution in [0.25, 0.3) is 0 Å². The van der Waals surface area contributed by atoms with E-state index in [0.717, 1.165) is 0 Å². The number of likely N-dealkylation sites (N-methyl/N-ethyl adjacent to an activating group) is 1. The Hall–Kier alpha value is -2.04. The Morgan fingerprint density at radius 3 is 2.90 bits per heavy atom. The summed E-state index contributed by atoms with van der Waals surface area (Å²) in [6.45, 7) is 5.02. The third kappa shape index (κ3) is 3.29. The summed E-state index contributed by atoms with van der Waals surface area (Å²) in [7, 11) is 1.74. The lowest BCUT2D eigenvalue weighted by Crippen LogP contribution is -2.27. The largest absolute Gasteiger partial charge is 0.491 e. The number of hydrogen-bond acceptors (Lipinski definition) is 3. The van der Waals surface area contributed by atoms with Crippen LogP contribution in [-0.2, 0) is 4.79 Å². The van der Waals surface area contributed by atoms with E-state index in [-0.39, 0.29) is 11.8 Å². The van der Waals surface area contributed by atoms with Crippen molar-refractivity contribution >= 4 is 17.5 Å². The number of anilines is 1. The molecule has 0 spiro atoms. The van der Waals surface area contributed by atoms with Gasteiger partial charge < -0.3 is 15.0 Å². The van der Waals surface area contributed by atoms with Gasteiger partial charge >= 0.3 is 0 Å². The zero-order chi connectivity index (χ0) is 14.7. The van der Waals surface area contributed by atoms with Gasteiger partial charge in [-0.1, -0.05) is 13.8 Å². The van der Waals surface area contributed by atoms with Gasteiger partial charge in [-0.2, -0.15) is 0 Å². The fraction of sp³-hybridized carbons (Fsp3) is 0.467. The molecule has 1 N–H and O–H groups in total. The number of fused-ring (bicyclic) bond motifs is 1. The maximum atomic E-state index is 12.2. The van der Waals surface area contributed by atoms with Gasteiger partial charge in [0.25, 0.3) is 5.91 Å². The standard InChI is InChI=1S/C15H20N2O3/c1-10(2)8-14(18)16-11-4-5-13-12(9-11)15(19)17(3)6-7-20-13/h4-5,9-10H,6-8H2,1-3H3,(H,16,18). The average molecular weight is 276 g/mol. The van der Waals surface area contributed by atoms with Gasteiger partial charge in [0.05, 0.1) is 12.1 Å². The molecule has 0 saturated carbocycles. The molecule has 0 saturated heterocycles. The summed E-state index contributed by atoms with van der Waals surface area (Å²) in [5.41, 5.74) is 1.12. The second kappa shape index (κ2) is 5.94. The van der Waals surface area contributed by atoms with Gasteiger partial charge in [-0.15, -0.1) is 0 Å². The first kappa shape index (κ1) is 14.4. The molecular formula is C15H20N2O3. The molecule has 1 aromatic rings. The molecule has 0 fully saturated rings. The normalized spacial score (nSPS) is 14.6. The Morgan fingerprint density at radius 1 is 1.45 bits per heavy atom. The van der Waals surface area contributed by atoms with E-state index >= 15 is 0 Å². The molecule has 0 aliphatic carbocycles. The Morgan fingerprint density at radius 2 is 2.20 bits per heavy atom. The number of rotatable bonds is 3. The second-order valence-corrected chi connectivity index (χ2v) is 5.43. The molecule has 2 rings (SSSR count). The molecule has 1 aliphatic heterocycles. The first-order chi connectivity index (χ1) is 9.47. The van der Waals surface area contributed by atoms with Crippen LogP contribution in [0.5, 0.6) is 5.75 Å². The summed E-state index contributed by atoms with van der Waals surface area (Å²) in [4.78, 5) is 25.6. The van der Waals surface area contributed by atoms with Crippen molar-refractivity contribution < 1.29 is 14.3 Å². The first-order valence-corrected chi connectivity index (χ1v) is 6.79. The third-order valence-corrected chi connectivity index (χ3v) is 3.12. The Labute approximate surface area is 118 Å². The monoisotopic (exact) mass is 276 g/mol. The van der Waals surface area contributed by atoms with Gasteiger partial charge in [0, 0.05) is 19.2 Å². The van der Waals surface area contributed by atoms with Gasteiger partial charge in [0.1, 0.15) is 12.4 Å². The summed E-state index contributed by atoms with van der Waals surface area (Å²) >= 11 is 0. The van der Waals surface area contributed by atoms with Gasteiger partial charge in [0.15, 0.2) is 0 Å². The number of carbonyl (C=O) groups excluding carboxylic acids is 2. The fourth-order valence-corrected chi connectivity index (χ4v) is 2.08. The molecular weight excluding hydrogens is 256 g/mol. The van der Waals surface area contributed by atoms with E-state index in [1.165, 1.54) is 0 Å². The van der Waals surface area contributed by atoms with Crippen molar-refractivity contribution in [2.24, 2.45) is 5.92 Å². The van der Waals surface area contributed by atoms with E-state index < -0.39 is 0 Å². The quantitative estimate of drug-likeness (QED) is 0.920. The second-order valence-electron chi connectivity index (χ2n) is 5.43. The van der Waals surface area contributed by atoms with Crippen LogP contribution in [0, 0.1) is 5.92 Å². The van der Waals surface area contributed by atoms with Crippen LogP contribution in [0.15, 0.2) is 18.2 Å². The lowest BCUT2D eigenvalue weighted by molar-refractivity contribution is -0.116. The topological polar surface area (TPSA) is 58.6 Å². The van der Waals surface area contributed by atoms with Crippen LogP contribution in [-0.4, -0.2) is 36.9 Å². The molecule has 0 atom stereocenters. The molecule has 5 nitrogen and oxygen atoms in total. The number of benzene rings is 1. The van der Waals surface area contributed by atoms with Crippen molar-refractivity contribution in [3.63, 3.8) is 0 Å². The number of ether oxygens (including phenoxy) is 1. The van der Waals surface area contributed by atoms with Crippen LogP contribution >= 0.6 is 0 Å². The number of amides is 2. The average Bonchev–Trinajstić information content (AvgIpc) is 2.50. The molecule has 0 unspecified atom stereocenters. The van der Waals surface area contributed by atoms with Gasteiger partial charge in [-0.05, 0) is 24.1 Å². The molecule has 2 amide bonds. The maximum Gasteiger partial charge on any atom is 0.257 e. The van der Waals surface area contributed by atoms with Crippen LogP contribution in [0.4, 0.5) is 5.69 Å². The highest BCUT2D eigenvalue weighted by molar-refractivity contribution is 5.99. The van der Waals surface area contributed by atoms with Crippen LogP contribution in [0.2, 0.25) is 0 Å². The molecule has 1 heterocycles. The Balaban J connectivity index is 2.20. The van der Waals surface area contributed by atoms with Crippen molar-refractivity contribution in [2.75, 3.05) is 25.5 Å². The molecule has 1 aromatic carbocycles. The van der Waals surface area contributed by atoms with Crippen LogP contribution in [0.1, 0.15) is 30.6 Å². The van der Waals surface area contributed by atoms with Gasteiger partial charge in [-0.3, -0.25) is 9.59 Å². The minimum Gasteiger partial charge on any atom is -0.491 e. The van der Waals surface area contributed by atoms with Crippen LogP contribution < -0.4 is 10.1 Å². The van der Waals surface area contributed by atoms with E-state index in [1.54, 1.807) is 30.1 Å². The summed E-state index contributed by atoms with van der Waals surface area (Å²) in [6.07, 6.45) is 0.460. The summed E-state index contributed by atoms with van der Waals surface area (Å²) in [5.74, 6) is 0.737. The fourth-order valence-electron chi connectivity index (χ4n) is 2.08. The zero-order valence-corrected chi connectivity index (χ0v) is 12.1. The lowest BCUT2D eigenvalue weighted by atomic mass is 10.1. The smallest absolute Gasteiger partial charge is 0.257 e. The number of carbonyl (C=O) groups is 2. The highest BCUT2D eigenvalue weighted by Crippen LogP contribution is 2.26. The Kier molecular flexibility index (Phi) is 4.27. The maximum absolute atomic E-state index is 12.2. The van der Waals surface area contributed by atoms with E-state index in [4.69, 9.17) is 4.74 Å². The first-order valence-electron chi connectivity index (χ1n) is 6.79. The van der Waals surface area contributed by atoms with Crippen molar-refractivity contribution in [3.8, 4) is 5.75 Å². The molecule has 1 aliphatic rings. The van der Waals surface area contributed by atoms with E-state index in [9.17, 15) is 9.59 Å². The summed E-state index contributed by atoms with van der Waals surface area (Å²) in [5, 5.41) is 2.81. The number of nitrogens with one attached hydrogen (secondary N) is 1. The SMILES string of the molecule is CC(C)CC(=O)Nc1ccc2c(c1)C(=O)N(C)CCO2. The van der Waals surface area contributed by atoms with Gasteiger partial charge in [0.2, 0.25) is 5.91 Å². The summed E-state index contributed by atoms with van der Waals surface area (Å²) in [6, 6.07) is 5.17. The molecule has 5 heteroatoms. The molecule has 0 aromatic heterocycles. The minimum absolute atomic E-state index is 0.0460. The Bertz CT molecular complexity index is 526. The predicted octanol–water partition coefficient (Wildman–Crippen LogP) is 2.14. The lowest BCUT2D eigenvalue weighted by Gasteiger charge is -2.13. The van der Waals surface area contributed by atoms with E-state index in [0.29, 0.717) is 42.5 Å². The van der Waals surface area contributed by atoms with Crippen molar-refractivity contribution in [3.05, 3.63) is 23.8 Å². The molecule has 0 radical (unpaired) electrons. The van der Waals surface area contributed by atoms with Gasteiger partial charge in [-0.25, -0.2) is 0 Å². The van der Waals surface area contributed by atoms with Crippen LogP contribution in [0.3, 0.4) is 0 Å². The number of hydrogen-bond donors (Lipinski definition) is 1. The van der Waals surface area contributed by atoms with E-state index in [2.05, 4.69) is 5.32 Å². The molecule has 20 heavy (non-hydrogen) atoms. The minimum atomic E-state index is -0.0857. The molecule has 0 bridgehead atoms. The van der Waals surface area contributed by atoms with Crippen molar-refractivity contribution in [1.82, 2.24) is 4.90 Å². The van der Waals surface area contributed by atoms with Crippen molar-refractivity contribution in [2.45, 2.75) is 20.3 Å². The highest BCUT2D eigenvalue weighted by atomic mass is 16.5. The number of nitrogens with zero attached hydrogens (tertiary/aromatic N) is 1. The zero-order valence-electron chi connectivity index (χ0n) is 12.1. The highest BCUT2D eigenvalue weighted by Gasteiger charge is 2.21.